The van der Waals surface area contributed by atoms with Crippen LogP contribution in [0.2, 0.25) is 0 Å². The van der Waals surface area contributed by atoms with Gasteiger partial charge in [-0.2, -0.15) is 5.26 Å². The molecule has 0 saturated heterocycles. The molecule has 1 aromatic carbocycles. The van der Waals surface area contributed by atoms with Gasteiger partial charge in [0.05, 0.1) is 11.3 Å². The van der Waals surface area contributed by atoms with Gasteiger partial charge in [0.15, 0.2) is 0 Å². The first kappa shape index (κ1) is 12.9. The molecule has 1 heterocycles. The Bertz CT molecular complexity index is 603. The maximum absolute atomic E-state index is 8.83. The summed E-state index contributed by atoms with van der Waals surface area (Å²) in [5.41, 5.74) is 7.48. The molecule has 19 heavy (non-hydrogen) atoms. The highest BCUT2D eigenvalue weighted by Crippen LogP contribution is 2.25. The molecule has 2 aromatic rings. The first-order chi connectivity index (χ1) is 9.22. The highest BCUT2D eigenvalue weighted by Gasteiger charge is 2.05. The number of hydrogen-bond donors (Lipinski definition) is 2. The van der Waals surface area contributed by atoms with Crippen LogP contribution in [0.3, 0.4) is 0 Å². The van der Waals surface area contributed by atoms with Crippen molar-refractivity contribution < 1.29 is 9.84 Å². The minimum Gasteiger partial charge on any atom is -0.437 e. The maximum Gasteiger partial charge on any atom is 0.242 e. The number of rotatable bonds is 4. The van der Waals surface area contributed by atoms with E-state index in [2.05, 4.69) is 4.98 Å². The zero-order valence-corrected chi connectivity index (χ0v) is 10.2. The Hall–Kier alpha value is -2.58. The summed E-state index contributed by atoms with van der Waals surface area (Å²) >= 11 is 0. The quantitative estimate of drug-likeness (QED) is 0.869. The van der Waals surface area contributed by atoms with Gasteiger partial charge in [0.25, 0.3) is 0 Å². The summed E-state index contributed by atoms with van der Waals surface area (Å²) in [4.78, 5) is 3.99. The van der Waals surface area contributed by atoms with E-state index in [1.165, 1.54) is 12.3 Å². The van der Waals surface area contributed by atoms with Crippen LogP contribution in [-0.2, 0) is 6.42 Å². The van der Waals surface area contributed by atoms with Gasteiger partial charge in [-0.3, -0.25) is 0 Å². The van der Waals surface area contributed by atoms with Gasteiger partial charge in [0.2, 0.25) is 5.88 Å². The van der Waals surface area contributed by atoms with Crippen LogP contribution in [0.4, 0.5) is 5.69 Å². The lowest BCUT2D eigenvalue weighted by Crippen LogP contribution is -1.96. The number of aliphatic hydroxyl groups excluding tert-OH is 1. The number of nitrogens with zero attached hydrogens (tertiary/aromatic N) is 2. The van der Waals surface area contributed by atoms with Crippen LogP contribution in [-0.4, -0.2) is 16.7 Å². The van der Waals surface area contributed by atoms with E-state index >= 15 is 0 Å². The zero-order valence-electron chi connectivity index (χ0n) is 10.2. The van der Waals surface area contributed by atoms with E-state index in [4.69, 9.17) is 20.8 Å². The number of nitriles is 1. The second-order valence-corrected chi connectivity index (χ2v) is 3.95. The van der Waals surface area contributed by atoms with Gasteiger partial charge < -0.3 is 15.6 Å². The fraction of sp³-hybridized carbons (Fsp3) is 0.143. The Morgan fingerprint density at radius 2 is 2.05 bits per heavy atom. The van der Waals surface area contributed by atoms with E-state index in [1.807, 2.05) is 18.2 Å². The number of nitrogen functional groups attached to an aromatic ring is 1. The van der Waals surface area contributed by atoms with Crippen molar-refractivity contribution in [1.29, 1.82) is 5.26 Å². The van der Waals surface area contributed by atoms with Crippen LogP contribution in [0.5, 0.6) is 11.6 Å². The Kier molecular flexibility index (Phi) is 3.96. The fourth-order valence-corrected chi connectivity index (χ4v) is 1.58. The van der Waals surface area contributed by atoms with Crippen LogP contribution in [0.15, 0.2) is 36.5 Å². The van der Waals surface area contributed by atoms with E-state index in [-0.39, 0.29) is 12.5 Å². The normalized spacial score (nSPS) is 9.89. The molecule has 0 bridgehead atoms. The van der Waals surface area contributed by atoms with Gasteiger partial charge in [-0.15, -0.1) is 0 Å². The number of benzene rings is 1. The summed E-state index contributed by atoms with van der Waals surface area (Å²) in [7, 11) is 0. The number of anilines is 1. The topological polar surface area (TPSA) is 92.2 Å². The van der Waals surface area contributed by atoms with E-state index in [0.717, 1.165) is 5.56 Å². The number of hydrogen-bond acceptors (Lipinski definition) is 5. The molecule has 5 nitrogen and oxygen atoms in total. The zero-order chi connectivity index (χ0) is 13.7. The predicted octanol–water partition coefficient (Wildman–Crippen LogP) is 1.86. The van der Waals surface area contributed by atoms with Gasteiger partial charge in [0.1, 0.15) is 11.8 Å². The van der Waals surface area contributed by atoms with E-state index in [9.17, 15) is 0 Å². The van der Waals surface area contributed by atoms with Crippen molar-refractivity contribution in [3.63, 3.8) is 0 Å². The molecule has 2 rings (SSSR count). The predicted molar refractivity (Wildman–Crippen MR) is 70.7 cm³/mol. The maximum atomic E-state index is 8.83. The standard InChI is InChI=1S/C14H13N3O2/c15-8-11-7-13(16)14(17-9-11)19-12-3-1-10(2-4-12)5-6-18/h1-4,7,9,18H,5-6,16H2. The summed E-state index contributed by atoms with van der Waals surface area (Å²) in [6.45, 7) is 0.115. The molecule has 0 aliphatic rings. The first-order valence-corrected chi connectivity index (χ1v) is 5.76. The van der Waals surface area contributed by atoms with Crippen molar-refractivity contribution in [3.05, 3.63) is 47.7 Å². The molecule has 5 heteroatoms. The van der Waals surface area contributed by atoms with Crippen molar-refractivity contribution >= 4 is 5.69 Å². The number of aliphatic hydroxyl groups is 1. The highest BCUT2D eigenvalue weighted by atomic mass is 16.5. The number of ether oxygens (including phenoxy) is 1. The second kappa shape index (κ2) is 5.85. The Balaban J connectivity index is 2.15. The summed E-state index contributed by atoms with van der Waals surface area (Å²) in [5.74, 6) is 0.875. The number of aromatic nitrogens is 1. The molecule has 0 saturated carbocycles. The van der Waals surface area contributed by atoms with Gasteiger partial charge in [0, 0.05) is 12.8 Å². The Labute approximate surface area is 110 Å². The first-order valence-electron chi connectivity index (χ1n) is 5.76. The third-order valence-electron chi connectivity index (χ3n) is 2.55. The number of pyridine rings is 1. The molecular formula is C14H13N3O2. The van der Waals surface area contributed by atoms with E-state index < -0.39 is 0 Å². The molecule has 3 N–H and O–H groups in total. The van der Waals surface area contributed by atoms with Crippen LogP contribution in [0, 0.1) is 11.3 Å². The smallest absolute Gasteiger partial charge is 0.242 e. The van der Waals surface area contributed by atoms with Crippen molar-refractivity contribution in [2.75, 3.05) is 12.3 Å². The third-order valence-corrected chi connectivity index (χ3v) is 2.55. The summed E-state index contributed by atoms with van der Waals surface area (Å²) in [6.07, 6.45) is 2.02. The molecule has 0 aliphatic heterocycles. The molecule has 0 amide bonds. The summed E-state index contributed by atoms with van der Waals surface area (Å²) in [5, 5.41) is 17.5. The second-order valence-electron chi connectivity index (χ2n) is 3.95. The van der Waals surface area contributed by atoms with E-state index in [0.29, 0.717) is 23.4 Å². The molecule has 0 aliphatic carbocycles. The molecule has 0 atom stereocenters. The average molecular weight is 255 g/mol. The van der Waals surface area contributed by atoms with Crippen LogP contribution in [0.1, 0.15) is 11.1 Å². The third kappa shape index (κ3) is 3.21. The van der Waals surface area contributed by atoms with Crippen molar-refractivity contribution in [3.8, 4) is 17.7 Å². The van der Waals surface area contributed by atoms with Gasteiger partial charge >= 0.3 is 0 Å². The summed E-state index contributed by atoms with van der Waals surface area (Å²) < 4.78 is 5.53. The molecule has 0 radical (unpaired) electrons. The summed E-state index contributed by atoms with van der Waals surface area (Å²) in [6, 6.07) is 10.8. The lowest BCUT2D eigenvalue weighted by atomic mass is 10.1. The molecule has 0 spiro atoms. The lowest BCUT2D eigenvalue weighted by molar-refractivity contribution is 0.299. The molecule has 1 aromatic heterocycles. The molecule has 96 valence electrons. The minimum absolute atomic E-state index is 0.115. The van der Waals surface area contributed by atoms with Crippen molar-refractivity contribution in [2.24, 2.45) is 0 Å². The Morgan fingerprint density at radius 1 is 1.32 bits per heavy atom. The van der Waals surface area contributed by atoms with Crippen molar-refractivity contribution in [1.82, 2.24) is 4.98 Å². The van der Waals surface area contributed by atoms with Crippen LogP contribution in [0.25, 0.3) is 0 Å². The minimum atomic E-state index is 0.115. The average Bonchev–Trinajstić information content (AvgIpc) is 2.43. The van der Waals surface area contributed by atoms with Crippen LogP contribution < -0.4 is 10.5 Å². The van der Waals surface area contributed by atoms with Gasteiger partial charge in [-0.05, 0) is 30.2 Å². The van der Waals surface area contributed by atoms with Crippen LogP contribution >= 0.6 is 0 Å². The monoisotopic (exact) mass is 255 g/mol. The molecular weight excluding hydrogens is 242 g/mol. The largest absolute Gasteiger partial charge is 0.437 e. The van der Waals surface area contributed by atoms with E-state index in [1.54, 1.807) is 12.1 Å². The SMILES string of the molecule is N#Cc1cnc(Oc2ccc(CCO)cc2)c(N)c1. The van der Waals surface area contributed by atoms with Gasteiger partial charge in [-0.1, -0.05) is 12.1 Å². The molecule has 0 fully saturated rings. The number of nitrogens with two attached hydrogens (primary N) is 1. The lowest BCUT2D eigenvalue weighted by Gasteiger charge is -2.07. The Morgan fingerprint density at radius 3 is 2.63 bits per heavy atom. The fourth-order valence-electron chi connectivity index (χ4n) is 1.58. The molecule has 0 unspecified atom stereocenters. The van der Waals surface area contributed by atoms with Crippen molar-refractivity contribution in [2.45, 2.75) is 6.42 Å². The highest BCUT2D eigenvalue weighted by molar-refractivity contribution is 5.53. The van der Waals surface area contributed by atoms with Gasteiger partial charge in [-0.25, -0.2) is 4.98 Å².